The van der Waals surface area contributed by atoms with Crippen molar-refractivity contribution in [2.75, 3.05) is 38.1 Å². The Morgan fingerprint density at radius 2 is 1.87 bits per heavy atom. The first kappa shape index (κ1) is 26.3. The monoisotopic (exact) mass is 531 g/mol. The number of guanidine groups is 1. The summed E-state index contributed by atoms with van der Waals surface area (Å²) in [5.41, 5.74) is 2.06. The molecule has 0 aromatic heterocycles. The number of carbonyl (C=O) groups excluding carboxylic acids is 1. The van der Waals surface area contributed by atoms with Crippen LogP contribution in [0.15, 0.2) is 29.3 Å². The van der Waals surface area contributed by atoms with Gasteiger partial charge in [-0.1, -0.05) is 12.1 Å². The number of nitrogens with zero attached hydrogens (tertiary/aromatic N) is 2. The molecular weight excluding hydrogens is 493 g/mol. The molecule has 1 aliphatic heterocycles. The van der Waals surface area contributed by atoms with E-state index in [0.717, 1.165) is 25.5 Å². The molecule has 1 amide bonds. The third-order valence-corrected chi connectivity index (χ3v) is 4.73. The van der Waals surface area contributed by atoms with Crippen LogP contribution in [-0.2, 0) is 4.74 Å². The smallest absolute Gasteiger partial charge is 0.407 e. The first-order valence-electron chi connectivity index (χ1n) is 10.6. The van der Waals surface area contributed by atoms with Crippen molar-refractivity contribution in [3.05, 3.63) is 29.8 Å². The van der Waals surface area contributed by atoms with E-state index in [9.17, 15) is 4.79 Å². The van der Waals surface area contributed by atoms with Gasteiger partial charge in [-0.3, -0.25) is 4.99 Å². The van der Waals surface area contributed by atoms with Crippen LogP contribution in [-0.4, -0.2) is 50.9 Å². The van der Waals surface area contributed by atoms with E-state index in [1.165, 1.54) is 24.1 Å². The van der Waals surface area contributed by atoms with Gasteiger partial charge in [0.15, 0.2) is 5.96 Å². The number of benzene rings is 1. The molecule has 0 radical (unpaired) electrons. The molecule has 0 saturated carbocycles. The molecule has 0 spiro atoms. The second-order valence-corrected chi connectivity index (χ2v) is 8.44. The summed E-state index contributed by atoms with van der Waals surface area (Å²) in [6.07, 6.45) is 2.94. The van der Waals surface area contributed by atoms with Crippen LogP contribution >= 0.6 is 24.0 Å². The molecule has 1 aliphatic rings. The molecule has 1 aromatic carbocycles. The number of hydrogen-bond acceptors (Lipinski definition) is 4. The quantitative estimate of drug-likeness (QED) is 0.214. The third-order valence-electron chi connectivity index (χ3n) is 4.73. The van der Waals surface area contributed by atoms with E-state index in [2.05, 4.69) is 57.0 Å². The maximum absolute atomic E-state index is 11.6. The fourth-order valence-corrected chi connectivity index (χ4v) is 3.25. The van der Waals surface area contributed by atoms with E-state index in [1.54, 1.807) is 7.05 Å². The van der Waals surface area contributed by atoms with Gasteiger partial charge in [-0.25, -0.2) is 4.79 Å². The summed E-state index contributed by atoms with van der Waals surface area (Å²) in [4.78, 5) is 18.4. The van der Waals surface area contributed by atoms with Crippen molar-refractivity contribution >= 4 is 41.7 Å². The molecule has 1 heterocycles. The van der Waals surface area contributed by atoms with E-state index in [-0.39, 0.29) is 36.1 Å². The van der Waals surface area contributed by atoms with Crippen LogP contribution in [0.4, 0.5) is 10.5 Å². The van der Waals surface area contributed by atoms with Gasteiger partial charge in [0.1, 0.15) is 5.60 Å². The average Bonchev–Trinajstić information content (AvgIpc) is 3.20. The summed E-state index contributed by atoms with van der Waals surface area (Å²) in [6.45, 7) is 11.2. The average molecular weight is 531 g/mol. The summed E-state index contributed by atoms with van der Waals surface area (Å²) < 4.78 is 5.22. The summed E-state index contributed by atoms with van der Waals surface area (Å²) in [5.74, 6) is 0.751. The Balaban J connectivity index is 0.00000450. The molecule has 1 fully saturated rings. The van der Waals surface area contributed by atoms with Crippen molar-refractivity contribution in [1.82, 2.24) is 16.0 Å². The van der Waals surface area contributed by atoms with Gasteiger partial charge in [0.2, 0.25) is 0 Å². The lowest BCUT2D eigenvalue weighted by Crippen LogP contribution is -2.40. The molecule has 3 N–H and O–H groups in total. The molecule has 7 nitrogen and oxygen atoms in total. The van der Waals surface area contributed by atoms with Crippen molar-refractivity contribution in [1.29, 1.82) is 0 Å². The zero-order valence-electron chi connectivity index (χ0n) is 19.0. The molecule has 0 bridgehead atoms. The largest absolute Gasteiger partial charge is 0.444 e. The van der Waals surface area contributed by atoms with Crippen molar-refractivity contribution in [3.63, 3.8) is 0 Å². The lowest BCUT2D eigenvalue weighted by molar-refractivity contribution is 0.0527. The summed E-state index contributed by atoms with van der Waals surface area (Å²) >= 11 is 0. The molecule has 1 atom stereocenters. The maximum Gasteiger partial charge on any atom is 0.407 e. The van der Waals surface area contributed by atoms with E-state index in [0.29, 0.717) is 13.1 Å². The Bertz CT molecular complexity index is 684. The Kier molecular flexibility index (Phi) is 11.3. The lowest BCUT2D eigenvalue weighted by atomic mass is 10.1. The molecule has 170 valence electrons. The zero-order valence-corrected chi connectivity index (χ0v) is 21.3. The lowest BCUT2D eigenvalue weighted by Gasteiger charge is -2.22. The van der Waals surface area contributed by atoms with Gasteiger partial charge in [0, 0.05) is 38.9 Å². The Morgan fingerprint density at radius 1 is 1.20 bits per heavy atom. The molecule has 1 aromatic rings. The van der Waals surface area contributed by atoms with Gasteiger partial charge in [0.25, 0.3) is 0 Å². The van der Waals surface area contributed by atoms with Crippen LogP contribution in [0.1, 0.15) is 58.6 Å². The SMILES string of the molecule is CN=C(NCCCNC(=O)OC(C)(C)C)NC(C)c1cccc(N2CCCC2)c1.I. The third kappa shape index (κ3) is 9.40. The van der Waals surface area contributed by atoms with Crippen LogP contribution in [0.25, 0.3) is 0 Å². The first-order chi connectivity index (χ1) is 13.8. The Morgan fingerprint density at radius 3 is 2.50 bits per heavy atom. The number of anilines is 1. The number of ether oxygens (including phenoxy) is 1. The number of aliphatic imine (C=N–C) groups is 1. The predicted octanol–water partition coefficient (Wildman–Crippen LogP) is 4.05. The standard InChI is InChI=1S/C22H37N5O2.HI/c1-17(18-10-8-11-19(16-18)27-14-6-7-15-27)26-20(23-5)24-12-9-13-25-21(28)29-22(2,3)4;/h8,10-11,16-17H,6-7,9,12-15H2,1-5H3,(H,25,28)(H2,23,24,26);1H. The van der Waals surface area contributed by atoms with Gasteiger partial charge in [0.05, 0.1) is 6.04 Å². The zero-order chi connectivity index (χ0) is 21.3. The highest BCUT2D eigenvalue weighted by Gasteiger charge is 2.16. The van der Waals surface area contributed by atoms with Gasteiger partial charge in [-0.15, -0.1) is 24.0 Å². The first-order valence-corrected chi connectivity index (χ1v) is 10.6. The van der Waals surface area contributed by atoms with Crippen LogP contribution in [0.3, 0.4) is 0 Å². The van der Waals surface area contributed by atoms with E-state index in [4.69, 9.17) is 4.74 Å². The fourth-order valence-electron chi connectivity index (χ4n) is 3.25. The van der Waals surface area contributed by atoms with E-state index in [1.807, 2.05) is 20.8 Å². The topological polar surface area (TPSA) is 78.0 Å². The van der Waals surface area contributed by atoms with E-state index < -0.39 is 5.60 Å². The van der Waals surface area contributed by atoms with Gasteiger partial charge < -0.3 is 25.6 Å². The molecule has 1 unspecified atom stereocenters. The number of hydrogen-bond donors (Lipinski definition) is 3. The predicted molar refractivity (Wildman–Crippen MR) is 135 cm³/mol. The van der Waals surface area contributed by atoms with Gasteiger partial charge in [-0.2, -0.15) is 0 Å². The molecule has 0 aliphatic carbocycles. The minimum atomic E-state index is -0.476. The second kappa shape index (κ2) is 12.9. The number of amides is 1. The Hall–Kier alpha value is -1.71. The molecule has 1 saturated heterocycles. The fraction of sp³-hybridized carbons (Fsp3) is 0.636. The minimum absolute atomic E-state index is 0. The van der Waals surface area contributed by atoms with E-state index >= 15 is 0 Å². The maximum atomic E-state index is 11.6. The van der Waals surface area contributed by atoms with Crippen LogP contribution < -0.4 is 20.9 Å². The van der Waals surface area contributed by atoms with Crippen LogP contribution in [0.2, 0.25) is 0 Å². The van der Waals surface area contributed by atoms with Crippen molar-refractivity contribution in [3.8, 4) is 0 Å². The highest BCUT2D eigenvalue weighted by atomic mass is 127. The van der Waals surface area contributed by atoms with Crippen LogP contribution in [0, 0.1) is 0 Å². The highest BCUT2D eigenvalue weighted by Crippen LogP contribution is 2.23. The van der Waals surface area contributed by atoms with Crippen molar-refractivity contribution in [2.24, 2.45) is 4.99 Å². The molecule has 8 heteroatoms. The van der Waals surface area contributed by atoms with Crippen molar-refractivity contribution < 1.29 is 9.53 Å². The summed E-state index contributed by atoms with van der Waals surface area (Å²) in [7, 11) is 1.77. The number of alkyl carbamates (subject to hydrolysis) is 1. The number of rotatable bonds is 7. The molecular formula is C22H38IN5O2. The number of carbonyl (C=O) groups is 1. The molecule has 2 rings (SSSR count). The number of halogens is 1. The summed E-state index contributed by atoms with van der Waals surface area (Å²) in [5, 5.41) is 9.50. The van der Waals surface area contributed by atoms with Crippen LogP contribution in [0.5, 0.6) is 0 Å². The highest BCUT2D eigenvalue weighted by molar-refractivity contribution is 14.0. The normalized spacial score (nSPS) is 15.2. The minimum Gasteiger partial charge on any atom is -0.444 e. The van der Waals surface area contributed by atoms with Crippen molar-refractivity contribution in [2.45, 2.75) is 58.6 Å². The van der Waals surface area contributed by atoms with Gasteiger partial charge in [-0.05, 0) is 64.7 Å². The number of nitrogens with one attached hydrogen (secondary N) is 3. The second-order valence-electron chi connectivity index (χ2n) is 8.44. The summed E-state index contributed by atoms with van der Waals surface area (Å²) in [6, 6.07) is 8.87. The molecule has 30 heavy (non-hydrogen) atoms. The Labute approximate surface area is 198 Å². The van der Waals surface area contributed by atoms with Gasteiger partial charge >= 0.3 is 6.09 Å².